The van der Waals surface area contributed by atoms with Crippen molar-refractivity contribution < 1.29 is 19.1 Å². The molecule has 2 fully saturated rings. The zero-order chi connectivity index (χ0) is 21.6. The summed E-state index contributed by atoms with van der Waals surface area (Å²) in [5, 5.41) is 0.933. The Labute approximate surface area is 188 Å². The monoisotopic (exact) mass is 495 g/mol. The molecule has 0 N–H and O–H groups in total. The molecule has 2 aliphatic rings. The quantitative estimate of drug-likeness (QED) is 0.568. The van der Waals surface area contributed by atoms with E-state index in [1.165, 1.54) is 0 Å². The maximum absolute atomic E-state index is 12.5. The summed E-state index contributed by atoms with van der Waals surface area (Å²) < 4.78 is 12.4. The molecule has 2 aliphatic heterocycles. The SMILES string of the molecule is CCOC(=O)c1cc(Br)c2nc(N3C4CCC3CN(C(=O)OC(C)(C)C)C4)sc2c1. The molecular weight excluding hydrogens is 470 g/mol. The largest absolute Gasteiger partial charge is 0.462 e. The molecule has 0 spiro atoms. The Kier molecular flexibility index (Phi) is 5.69. The Bertz CT molecular complexity index is 973. The second-order valence-electron chi connectivity index (χ2n) is 8.70. The third-order valence-electron chi connectivity index (χ3n) is 5.30. The van der Waals surface area contributed by atoms with Crippen LogP contribution < -0.4 is 4.90 Å². The maximum atomic E-state index is 12.5. The minimum absolute atomic E-state index is 0.222. The molecule has 0 aliphatic carbocycles. The number of fused-ring (bicyclic) bond motifs is 3. The molecule has 2 bridgehead atoms. The van der Waals surface area contributed by atoms with Gasteiger partial charge in [0.05, 0.1) is 22.4 Å². The van der Waals surface area contributed by atoms with Crippen LogP contribution in [-0.4, -0.2) is 59.3 Å². The van der Waals surface area contributed by atoms with Crippen molar-refractivity contribution in [2.24, 2.45) is 0 Å². The molecule has 0 saturated carbocycles. The molecule has 1 aromatic heterocycles. The predicted molar refractivity (Wildman–Crippen MR) is 120 cm³/mol. The summed E-state index contributed by atoms with van der Waals surface area (Å²) in [5.41, 5.74) is 0.865. The van der Waals surface area contributed by atoms with Gasteiger partial charge in [0.15, 0.2) is 5.13 Å². The number of esters is 1. The third kappa shape index (κ3) is 4.14. The van der Waals surface area contributed by atoms with Crippen LogP contribution in [0, 0.1) is 0 Å². The fourth-order valence-corrected chi connectivity index (χ4v) is 5.97. The summed E-state index contributed by atoms with van der Waals surface area (Å²) >= 11 is 5.13. The molecule has 2 saturated heterocycles. The molecule has 1 aromatic carbocycles. The van der Waals surface area contributed by atoms with Crippen molar-refractivity contribution in [1.29, 1.82) is 0 Å². The van der Waals surface area contributed by atoms with E-state index < -0.39 is 5.60 Å². The van der Waals surface area contributed by atoms with Gasteiger partial charge < -0.3 is 19.3 Å². The van der Waals surface area contributed by atoms with Gasteiger partial charge in [-0.2, -0.15) is 0 Å². The number of nitrogens with zero attached hydrogens (tertiary/aromatic N) is 3. The van der Waals surface area contributed by atoms with E-state index in [1.54, 1.807) is 24.3 Å². The van der Waals surface area contributed by atoms with Crippen LogP contribution in [0.2, 0.25) is 0 Å². The highest BCUT2D eigenvalue weighted by Crippen LogP contribution is 2.41. The number of hydrogen-bond acceptors (Lipinski definition) is 7. The van der Waals surface area contributed by atoms with Gasteiger partial charge in [-0.25, -0.2) is 14.6 Å². The molecule has 3 heterocycles. The molecule has 2 aromatic rings. The van der Waals surface area contributed by atoms with Gasteiger partial charge in [-0.05, 0) is 68.6 Å². The molecule has 7 nitrogen and oxygen atoms in total. The molecule has 30 heavy (non-hydrogen) atoms. The first-order valence-electron chi connectivity index (χ1n) is 10.2. The number of aromatic nitrogens is 1. The zero-order valence-corrected chi connectivity index (χ0v) is 20.0. The molecular formula is C21H26BrN3O4S. The van der Waals surface area contributed by atoms with Gasteiger partial charge in [-0.1, -0.05) is 11.3 Å². The summed E-state index contributed by atoms with van der Waals surface area (Å²) in [6, 6.07) is 4.05. The lowest BCUT2D eigenvalue weighted by atomic mass is 10.2. The van der Waals surface area contributed by atoms with Crippen LogP contribution in [0.5, 0.6) is 0 Å². The number of benzene rings is 1. The third-order valence-corrected chi connectivity index (χ3v) is 6.92. The van der Waals surface area contributed by atoms with Crippen LogP contribution in [0.25, 0.3) is 10.2 Å². The van der Waals surface area contributed by atoms with Crippen molar-refractivity contribution in [3.8, 4) is 0 Å². The number of carbonyl (C=O) groups excluding carboxylic acids is 2. The number of hydrogen-bond donors (Lipinski definition) is 0. The van der Waals surface area contributed by atoms with Gasteiger partial charge in [0.1, 0.15) is 5.60 Å². The number of anilines is 1. The smallest absolute Gasteiger partial charge is 0.410 e. The van der Waals surface area contributed by atoms with Crippen LogP contribution in [0.4, 0.5) is 9.93 Å². The van der Waals surface area contributed by atoms with Crippen LogP contribution in [0.15, 0.2) is 16.6 Å². The molecule has 162 valence electrons. The zero-order valence-electron chi connectivity index (χ0n) is 17.6. The van der Waals surface area contributed by atoms with Gasteiger partial charge >= 0.3 is 12.1 Å². The average Bonchev–Trinajstić information content (AvgIpc) is 3.18. The van der Waals surface area contributed by atoms with Crippen molar-refractivity contribution in [3.05, 3.63) is 22.2 Å². The molecule has 0 radical (unpaired) electrons. The summed E-state index contributed by atoms with van der Waals surface area (Å²) in [6.07, 6.45) is 1.80. The number of thiazole rings is 1. The van der Waals surface area contributed by atoms with Gasteiger partial charge in [0, 0.05) is 29.6 Å². The normalized spacial score (nSPS) is 21.2. The Morgan fingerprint density at radius 2 is 1.90 bits per heavy atom. The number of likely N-dealkylation sites (tertiary alicyclic amines) is 1. The lowest BCUT2D eigenvalue weighted by Crippen LogP contribution is -2.56. The Morgan fingerprint density at radius 1 is 1.23 bits per heavy atom. The van der Waals surface area contributed by atoms with Gasteiger partial charge in [0.25, 0.3) is 0 Å². The second-order valence-corrected chi connectivity index (χ2v) is 10.6. The first-order valence-corrected chi connectivity index (χ1v) is 11.8. The molecule has 9 heteroatoms. The Balaban J connectivity index is 1.57. The summed E-state index contributed by atoms with van der Waals surface area (Å²) in [5.74, 6) is -0.332. The van der Waals surface area contributed by atoms with Crippen molar-refractivity contribution in [1.82, 2.24) is 9.88 Å². The van der Waals surface area contributed by atoms with E-state index in [1.807, 2.05) is 31.7 Å². The predicted octanol–water partition coefficient (Wildman–Crippen LogP) is 4.82. The highest BCUT2D eigenvalue weighted by atomic mass is 79.9. The van der Waals surface area contributed by atoms with E-state index in [2.05, 4.69) is 20.8 Å². The Hall–Kier alpha value is -1.87. The Morgan fingerprint density at radius 3 is 2.50 bits per heavy atom. The topological polar surface area (TPSA) is 72.0 Å². The number of carbonyl (C=O) groups is 2. The first kappa shape index (κ1) is 21.4. The highest BCUT2D eigenvalue weighted by molar-refractivity contribution is 9.10. The summed E-state index contributed by atoms with van der Waals surface area (Å²) in [4.78, 5) is 33.7. The molecule has 4 rings (SSSR count). The van der Waals surface area contributed by atoms with Crippen LogP contribution in [-0.2, 0) is 9.47 Å². The average molecular weight is 496 g/mol. The fraction of sp³-hybridized carbons (Fsp3) is 0.571. The standard InChI is InChI=1S/C21H26BrN3O4S/c1-5-28-18(26)12-8-15(22)17-16(9-12)30-19(23-17)25-13-6-7-14(25)11-24(10-13)20(27)29-21(2,3)4/h8-9,13-14H,5-7,10-11H2,1-4H3. The summed E-state index contributed by atoms with van der Waals surface area (Å²) in [6.45, 7) is 9.07. The minimum atomic E-state index is -0.497. The molecule has 2 atom stereocenters. The number of amides is 1. The lowest BCUT2D eigenvalue weighted by molar-refractivity contribution is 0.0209. The molecule has 1 amide bonds. The number of piperazine rings is 1. The van der Waals surface area contributed by atoms with Crippen molar-refractivity contribution in [2.45, 2.75) is 58.2 Å². The maximum Gasteiger partial charge on any atom is 0.410 e. The van der Waals surface area contributed by atoms with Gasteiger partial charge in [0.2, 0.25) is 0 Å². The highest BCUT2D eigenvalue weighted by Gasteiger charge is 2.43. The number of rotatable bonds is 3. The van der Waals surface area contributed by atoms with E-state index in [0.717, 1.165) is 32.7 Å². The molecule has 2 unspecified atom stereocenters. The first-order chi connectivity index (χ1) is 14.2. The van der Waals surface area contributed by atoms with E-state index in [0.29, 0.717) is 25.3 Å². The lowest BCUT2D eigenvalue weighted by Gasteiger charge is -2.41. The summed E-state index contributed by atoms with van der Waals surface area (Å²) in [7, 11) is 0. The van der Waals surface area contributed by atoms with E-state index in [-0.39, 0.29) is 24.1 Å². The van der Waals surface area contributed by atoms with E-state index in [4.69, 9.17) is 14.5 Å². The van der Waals surface area contributed by atoms with E-state index >= 15 is 0 Å². The minimum Gasteiger partial charge on any atom is -0.462 e. The van der Waals surface area contributed by atoms with Crippen LogP contribution in [0.3, 0.4) is 0 Å². The number of halogens is 1. The van der Waals surface area contributed by atoms with Gasteiger partial charge in [-0.15, -0.1) is 0 Å². The second kappa shape index (κ2) is 8.00. The number of ether oxygens (including phenoxy) is 2. The van der Waals surface area contributed by atoms with Crippen molar-refractivity contribution in [3.63, 3.8) is 0 Å². The van der Waals surface area contributed by atoms with Crippen molar-refractivity contribution >= 4 is 54.7 Å². The van der Waals surface area contributed by atoms with Crippen LogP contribution in [0.1, 0.15) is 50.9 Å². The fourth-order valence-electron chi connectivity index (χ4n) is 4.11. The van der Waals surface area contributed by atoms with E-state index in [9.17, 15) is 9.59 Å². The van der Waals surface area contributed by atoms with Crippen molar-refractivity contribution in [2.75, 3.05) is 24.6 Å². The van der Waals surface area contributed by atoms with Crippen LogP contribution >= 0.6 is 27.3 Å². The van der Waals surface area contributed by atoms with Gasteiger partial charge in [-0.3, -0.25) is 0 Å².